The molecule has 0 saturated heterocycles. The minimum atomic E-state index is -0.662. The lowest BCUT2D eigenvalue weighted by Gasteiger charge is -2.16. The molecule has 0 aliphatic heterocycles. The molecule has 4 nitrogen and oxygen atoms in total. The molecular weight excluding hydrogens is 394 g/mol. The number of hydrogen-bond acceptors (Lipinski definition) is 5. The lowest BCUT2D eigenvalue weighted by Crippen LogP contribution is -2.26. The van der Waals surface area contributed by atoms with E-state index in [1.807, 2.05) is 13.8 Å². The summed E-state index contributed by atoms with van der Waals surface area (Å²) in [5.41, 5.74) is 11.2. The predicted molar refractivity (Wildman–Crippen MR) is 126 cm³/mol. The van der Waals surface area contributed by atoms with Crippen molar-refractivity contribution in [1.82, 2.24) is 0 Å². The van der Waals surface area contributed by atoms with E-state index in [4.69, 9.17) is 10.5 Å². The average Bonchev–Trinajstić information content (AvgIpc) is 3.07. The van der Waals surface area contributed by atoms with Crippen LogP contribution in [-0.2, 0) is 19.3 Å². The number of nitrogens with two attached hydrogens (primary N) is 1. The van der Waals surface area contributed by atoms with Gasteiger partial charge in [0.2, 0.25) is 0 Å². The third-order valence-electron chi connectivity index (χ3n) is 5.22. The van der Waals surface area contributed by atoms with Crippen LogP contribution in [0.4, 0.5) is 0 Å². The highest BCUT2D eigenvalue weighted by atomic mass is 32.1. The first-order chi connectivity index (χ1) is 14.3. The van der Waals surface area contributed by atoms with E-state index in [-0.39, 0.29) is 18.9 Å². The molecule has 30 heavy (non-hydrogen) atoms. The molecule has 0 spiro atoms. The lowest BCUT2D eigenvalue weighted by atomic mass is 9.95. The van der Waals surface area contributed by atoms with Crippen molar-refractivity contribution in [3.8, 4) is 5.75 Å². The van der Waals surface area contributed by atoms with Crippen LogP contribution in [0.3, 0.4) is 0 Å². The van der Waals surface area contributed by atoms with E-state index < -0.39 is 6.10 Å². The summed E-state index contributed by atoms with van der Waals surface area (Å²) in [5, 5.41) is 11.8. The second kappa shape index (κ2) is 11.6. The monoisotopic (exact) mass is 431 g/mol. The Morgan fingerprint density at radius 3 is 2.43 bits per heavy atom. The molecule has 2 rings (SSSR count). The van der Waals surface area contributed by atoms with E-state index in [2.05, 4.69) is 38.3 Å². The molecule has 0 bridgehead atoms. The third-order valence-corrected chi connectivity index (χ3v) is 6.33. The van der Waals surface area contributed by atoms with Gasteiger partial charge >= 0.3 is 0 Å². The highest BCUT2D eigenvalue weighted by Gasteiger charge is 2.18. The van der Waals surface area contributed by atoms with Gasteiger partial charge in [0, 0.05) is 13.0 Å². The maximum Gasteiger partial charge on any atom is 0.173 e. The van der Waals surface area contributed by atoms with Crippen molar-refractivity contribution in [2.45, 2.75) is 72.8 Å². The standard InChI is InChI=1S/C25H37NO3S/c1-6-7-22-20(10-16(2)3)15-30-25(22)23(28)9-8-19-11-17(4)24(18(5)12-19)29-14-21(27)13-26/h11-12,15-16,21,27H,6-10,13-14,26H2,1-5H3. The number of rotatable bonds is 12. The number of benzene rings is 1. The number of aliphatic hydroxyl groups is 1. The number of hydrogen-bond donors (Lipinski definition) is 2. The first kappa shape index (κ1) is 24.6. The number of Topliss-reactive ketones (excluding diaryl/α,β-unsaturated/α-hetero) is 1. The van der Waals surface area contributed by atoms with Gasteiger partial charge in [0.05, 0.1) is 4.88 Å². The predicted octanol–water partition coefficient (Wildman–Crippen LogP) is 5.03. The molecule has 0 aliphatic rings. The number of carbonyl (C=O) groups is 1. The molecule has 0 saturated carbocycles. The van der Waals surface area contributed by atoms with Crippen LogP contribution in [0.2, 0.25) is 0 Å². The van der Waals surface area contributed by atoms with Crippen LogP contribution in [0.5, 0.6) is 5.75 Å². The van der Waals surface area contributed by atoms with Gasteiger partial charge in [-0.25, -0.2) is 0 Å². The summed E-state index contributed by atoms with van der Waals surface area (Å²) in [5.74, 6) is 1.63. The van der Waals surface area contributed by atoms with Crippen molar-refractivity contribution < 1.29 is 14.6 Å². The van der Waals surface area contributed by atoms with E-state index in [9.17, 15) is 9.90 Å². The smallest absolute Gasteiger partial charge is 0.173 e. The van der Waals surface area contributed by atoms with Gasteiger partial charge in [0.15, 0.2) is 5.78 Å². The minimum absolute atomic E-state index is 0.180. The molecule has 1 atom stereocenters. The highest BCUT2D eigenvalue weighted by molar-refractivity contribution is 7.12. The second-order valence-corrected chi connectivity index (χ2v) is 9.48. The van der Waals surface area contributed by atoms with Crippen LogP contribution >= 0.6 is 11.3 Å². The number of ether oxygens (including phenoxy) is 1. The van der Waals surface area contributed by atoms with Crippen molar-refractivity contribution in [2.75, 3.05) is 13.2 Å². The minimum Gasteiger partial charge on any atom is -0.490 e. The summed E-state index contributed by atoms with van der Waals surface area (Å²) in [6.07, 6.45) is 3.65. The van der Waals surface area contributed by atoms with Crippen LogP contribution in [0.1, 0.15) is 71.1 Å². The van der Waals surface area contributed by atoms with Gasteiger partial charge in [0.25, 0.3) is 0 Å². The highest BCUT2D eigenvalue weighted by Crippen LogP contribution is 2.29. The third kappa shape index (κ3) is 6.66. The summed E-state index contributed by atoms with van der Waals surface area (Å²) < 4.78 is 5.75. The van der Waals surface area contributed by atoms with Crippen molar-refractivity contribution in [3.05, 3.63) is 50.2 Å². The number of ketones is 1. The Bertz CT molecular complexity index is 818. The zero-order valence-electron chi connectivity index (χ0n) is 19.1. The van der Waals surface area contributed by atoms with Gasteiger partial charge in [0.1, 0.15) is 18.5 Å². The Labute approximate surface area is 185 Å². The first-order valence-electron chi connectivity index (χ1n) is 11.0. The molecule has 166 valence electrons. The SMILES string of the molecule is CCCc1c(CC(C)C)csc1C(=O)CCc1cc(C)c(OCC(O)CN)c(C)c1. The zero-order chi connectivity index (χ0) is 22.3. The number of thiophene rings is 1. The van der Waals surface area contributed by atoms with Crippen molar-refractivity contribution in [1.29, 1.82) is 0 Å². The Balaban J connectivity index is 2.08. The Hall–Kier alpha value is -1.69. The van der Waals surface area contributed by atoms with Crippen molar-refractivity contribution in [2.24, 2.45) is 11.7 Å². The van der Waals surface area contributed by atoms with Gasteiger partial charge in [-0.3, -0.25) is 4.79 Å². The molecule has 2 aromatic rings. The van der Waals surface area contributed by atoms with E-state index in [0.29, 0.717) is 12.3 Å². The molecule has 1 aromatic carbocycles. The molecule has 1 heterocycles. The zero-order valence-corrected chi connectivity index (χ0v) is 19.9. The summed E-state index contributed by atoms with van der Waals surface area (Å²) in [6, 6.07) is 4.16. The Kier molecular flexibility index (Phi) is 9.53. The van der Waals surface area contributed by atoms with Crippen LogP contribution in [0.25, 0.3) is 0 Å². The molecule has 1 unspecified atom stereocenters. The molecule has 0 radical (unpaired) electrons. The number of aliphatic hydroxyl groups excluding tert-OH is 1. The van der Waals surface area contributed by atoms with Crippen molar-refractivity contribution in [3.63, 3.8) is 0 Å². The molecule has 0 fully saturated rings. The second-order valence-electron chi connectivity index (χ2n) is 8.60. The lowest BCUT2D eigenvalue weighted by molar-refractivity contribution is 0.0985. The Morgan fingerprint density at radius 1 is 1.20 bits per heavy atom. The van der Waals surface area contributed by atoms with Gasteiger partial charge < -0.3 is 15.6 Å². The van der Waals surface area contributed by atoms with E-state index in [1.54, 1.807) is 11.3 Å². The molecule has 1 aromatic heterocycles. The maximum atomic E-state index is 13.0. The van der Waals surface area contributed by atoms with Crippen molar-refractivity contribution >= 4 is 17.1 Å². The number of aryl methyl sites for hydroxylation is 3. The molecular formula is C25H37NO3S. The fourth-order valence-corrected chi connectivity index (χ4v) is 4.93. The first-order valence-corrected chi connectivity index (χ1v) is 11.9. The normalized spacial score (nSPS) is 12.4. The average molecular weight is 432 g/mol. The molecule has 5 heteroatoms. The largest absolute Gasteiger partial charge is 0.490 e. The van der Waals surface area contributed by atoms with Crippen LogP contribution in [-0.4, -0.2) is 30.1 Å². The summed E-state index contributed by atoms with van der Waals surface area (Å²) in [4.78, 5) is 14.0. The molecule has 0 aliphatic carbocycles. The maximum absolute atomic E-state index is 13.0. The van der Waals surface area contributed by atoms with Gasteiger partial charge in [-0.1, -0.05) is 39.3 Å². The fourth-order valence-electron chi connectivity index (χ4n) is 3.82. The summed E-state index contributed by atoms with van der Waals surface area (Å²) in [6.45, 7) is 11.0. The van der Waals surface area contributed by atoms with Crippen LogP contribution in [0, 0.1) is 19.8 Å². The van der Waals surface area contributed by atoms with Crippen LogP contribution in [0.15, 0.2) is 17.5 Å². The quantitative estimate of drug-likeness (QED) is 0.462. The topological polar surface area (TPSA) is 72.5 Å². The molecule has 0 amide bonds. The fraction of sp³-hybridized carbons (Fsp3) is 0.560. The Morgan fingerprint density at radius 2 is 1.87 bits per heavy atom. The summed E-state index contributed by atoms with van der Waals surface area (Å²) >= 11 is 1.62. The van der Waals surface area contributed by atoms with E-state index in [0.717, 1.165) is 53.0 Å². The summed E-state index contributed by atoms with van der Waals surface area (Å²) in [7, 11) is 0. The van der Waals surface area contributed by atoms with E-state index in [1.165, 1.54) is 11.1 Å². The molecule has 3 N–H and O–H groups in total. The van der Waals surface area contributed by atoms with Crippen LogP contribution < -0.4 is 10.5 Å². The van der Waals surface area contributed by atoms with Gasteiger partial charge in [-0.2, -0.15) is 0 Å². The van der Waals surface area contributed by atoms with Gasteiger partial charge in [-0.05, 0) is 72.2 Å². The number of carbonyl (C=O) groups excluding carboxylic acids is 1. The van der Waals surface area contributed by atoms with E-state index >= 15 is 0 Å². The van der Waals surface area contributed by atoms with Gasteiger partial charge in [-0.15, -0.1) is 11.3 Å².